The average Bonchev–Trinajstić information content (AvgIpc) is 3.79. The summed E-state index contributed by atoms with van der Waals surface area (Å²) >= 11 is 0. The quantitative estimate of drug-likeness (QED) is 0.161. The Morgan fingerprint density at radius 3 is 2.18 bits per heavy atom. The first-order valence-electron chi connectivity index (χ1n) is 18.8. The molecule has 6 aromatic heterocycles. The number of hydrogen-bond acceptors (Lipinski definition) is 6. The molecule has 0 spiro atoms. The van der Waals surface area contributed by atoms with Crippen LogP contribution in [0.3, 0.4) is 0 Å². The van der Waals surface area contributed by atoms with E-state index in [9.17, 15) is 0 Å². The molecule has 0 bridgehead atoms. The van der Waals surface area contributed by atoms with Gasteiger partial charge in [0.1, 0.15) is 5.82 Å². The standard InChI is InChI=1S/C49H36N8/c1-2-37-38-9-3-5-12-45(38)56(47(37)18-22-50)36-16-14-32(15-17-36)34-27-42(41-11-7-8-23-53-41)54-43(28-34)44-29-35(33-19-24-51-25-20-33)30-49(55-44)57-46-13-6-4-10-39(46)40-31-52-26-21-48(40)57/h2-31,42,54H,1,50H2/b22-18-. The van der Waals surface area contributed by atoms with Crippen molar-refractivity contribution < 1.29 is 0 Å². The van der Waals surface area contributed by atoms with Crippen LogP contribution >= 0.6 is 0 Å². The molecule has 3 aromatic carbocycles. The van der Waals surface area contributed by atoms with Gasteiger partial charge in [-0.25, -0.2) is 4.98 Å². The summed E-state index contributed by atoms with van der Waals surface area (Å²) in [5, 5.41) is 7.11. The third-order valence-corrected chi connectivity index (χ3v) is 10.6. The van der Waals surface area contributed by atoms with Gasteiger partial charge in [0.2, 0.25) is 0 Å². The van der Waals surface area contributed by atoms with Crippen LogP contribution in [-0.4, -0.2) is 29.1 Å². The number of rotatable bonds is 8. The fourth-order valence-corrected chi connectivity index (χ4v) is 8.06. The summed E-state index contributed by atoms with van der Waals surface area (Å²) in [5.74, 6) is 0.800. The first-order chi connectivity index (χ1) is 28.2. The minimum atomic E-state index is -0.208. The van der Waals surface area contributed by atoms with Crippen LogP contribution in [0.5, 0.6) is 0 Å². The van der Waals surface area contributed by atoms with Crippen LogP contribution in [0.15, 0.2) is 177 Å². The lowest BCUT2D eigenvalue weighted by Gasteiger charge is -2.25. The second-order valence-corrected chi connectivity index (χ2v) is 13.9. The smallest absolute Gasteiger partial charge is 0.138 e. The Labute approximate surface area is 329 Å². The van der Waals surface area contributed by atoms with Crippen LogP contribution in [0.2, 0.25) is 0 Å². The number of allylic oxidation sites excluding steroid dienone is 2. The van der Waals surface area contributed by atoms with E-state index >= 15 is 0 Å². The molecule has 57 heavy (non-hydrogen) atoms. The van der Waals surface area contributed by atoms with Gasteiger partial charge in [0.25, 0.3) is 0 Å². The molecule has 8 nitrogen and oxygen atoms in total. The van der Waals surface area contributed by atoms with E-state index in [-0.39, 0.29) is 6.04 Å². The summed E-state index contributed by atoms with van der Waals surface area (Å²) in [6, 6.07) is 41.7. The van der Waals surface area contributed by atoms with Crippen molar-refractivity contribution in [3.8, 4) is 22.6 Å². The molecular weight excluding hydrogens is 701 g/mol. The summed E-state index contributed by atoms with van der Waals surface area (Å²) in [6.45, 7) is 4.11. The summed E-state index contributed by atoms with van der Waals surface area (Å²) in [4.78, 5) is 19.0. The summed E-state index contributed by atoms with van der Waals surface area (Å²) in [6.07, 6.45) is 19.1. The Morgan fingerprint density at radius 2 is 1.40 bits per heavy atom. The molecule has 0 saturated heterocycles. The maximum Gasteiger partial charge on any atom is 0.138 e. The molecule has 272 valence electrons. The molecule has 0 amide bonds. The second kappa shape index (κ2) is 14.1. The van der Waals surface area contributed by atoms with Crippen LogP contribution in [0.25, 0.3) is 78.8 Å². The zero-order chi connectivity index (χ0) is 38.3. The van der Waals surface area contributed by atoms with Gasteiger partial charge in [0.15, 0.2) is 0 Å². The first-order valence-corrected chi connectivity index (χ1v) is 18.8. The SMILES string of the molecule is C=Cc1c(/C=C\N)n(-c2ccc(C3=CC(c4ccccn4)NC(c4cc(-c5ccncc5)cc(-n5c6ccccc6c6cnccc65)n4)=C3)cc2)c2ccccc12. The fraction of sp³-hybridized carbons (Fsp3) is 0.0204. The van der Waals surface area contributed by atoms with Crippen LogP contribution < -0.4 is 11.1 Å². The van der Waals surface area contributed by atoms with Crippen LogP contribution in [0, 0.1) is 0 Å². The third-order valence-electron chi connectivity index (χ3n) is 10.6. The van der Waals surface area contributed by atoms with Gasteiger partial charge in [-0.2, -0.15) is 0 Å². The number of benzene rings is 3. The highest BCUT2D eigenvalue weighted by Crippen LogP contribution is 2.37. The molecule has 0 radical (unpaired) electrons. The molecule has 0 fully saturated rings. The summed E-state index contributed by atoms with van der Waals surface area (Å²) in [7, 11) is 0. The number of dihydropyridines is 1. The number of fused-ring (bicyclic) bond motifs is 4. The topological polar surface area (TPSA) is 99.5 Å². The molecule has 1 aliphatic heterocycles. The predicted octanol–water partition coefficient (Wildman–Crippen LogP) is 10.3. The van der Waals surface area contributed by atoms with Crippen LogP contribution in [0.1, 0.15) is 34.3 Å². The lowest BCUT2D eigenvalue weighted by Crippen LogP contribution is -2.23. The fourth-order valence-electron chi connectivity index (χ4n) is 8.06. The third kappa shape index (κ3) is 5.88. The molecule has 1 aliphatic rings. The Bertz CT molecular complexity index is 3010. The second-order valence-electron chi connectivity index (χ2n) is 13.9. The van der Waals surface area contributed by atoms with E-state index in [0.29, 0.717) is 0 Å². The molecule has 7 heterocycles. The van der Waals surface area contributed by atoms with E-state index in [1.54, 1.807) is 6.20 Å². The van der Waals surface area contributed by atoms with E-state index in [2.05, 4.69) is 140 Å². The van der Waals surface area contributed by atoms with Crippen molar-refractivity contribution in [2.24, 2.45) is 5.73 Å². The highest BCUT2D eigenvalue weighted by atomic mass is 15.1. The van der Waals surface area contributed by atoms with Crippen molar-refractivity contribution in [3.63, 3.8) is 0 Å². The van der Waals surface area contributed by atoms with E-state index in [0.717, 1.165) is 94.8 Å². The average molecular weight is 737 g/mol. The highest BCUT2D eigenvalue weighted by Gasteiger charge is 2.23. The van der Waals surface area contributed by atoms with Crippen molar-refractivity contribution in [2.75, 3.05) is 0 Å². The Balaban J connectivity index is 1.14. The van der Waals surface area contributed by atoms with Crippen molar-refractivity contribution in [2.45, 2.75) is 6.04 Å². The Morgan fingerprint density at radius 1 is 0.667 bits per heavy atom. The van der Waals surface area contributed by atoms with Gasteiger partial charge in [-0.15, -0.1) is 0 Å². The maximum atomic E-state index is 5.96. The lowest BCUT2D eigenvalue weighted by atomic mass is 9.95. The van der Waals surface area contributed by atoms with Gasteiger partial charge < -0.3 is 15.6 Å². The molecule has 1 atom stereocenters. The van der Waals surface area contributed by atoms with Gasteiger partial charge in [-0.05, 0) is 113 Å². The van der Waals surface area contributed by atoms with Gasteiger partial charge in [-0.1, -0.05) is 67.3 Å². The van der Waals surface area contributed by atoms with E-state index in [1.165, 1.54) is 0 Å². The minimum Gasteiger partial charge on any atom is -0.405 e. The van der Waals surface area contributed by atoms with E-state index in [1.807, 2.05) is 67.4 Å². The van der Waals surface area contributed by atoms with Crippen molar-refractivity contribution in [1.29, 1.82) is 0 Å². The number of para-hydroxylation sites is 2. The first kappa shape index (κ1) is 33.7. The maximum absolute atomic E-state index is 5.96. The lowest BCUT2D eigenvalue weighted by molar-refractivity contribution is 0.736. The molecule has 3 N–H and O–H groups in total. The van der Waals surface area contributed by atoms with Gasteiger partial charge in [0, 0.05) is 58.4 Å². The minimum absolute atomic E-state index is 0.208. The number of nitrogens with one attached hydrogen (secondary N) is 1. The van der Waals surface area contributed by atoms with Gasteiger partial charge in [0.05, 0.1) is 45.4 Å². The largest absolute Gasteiger partial charge is 0.405 e. The monoisotopic (exact) mass is 736 g/mol. The molecule has 8 heteroatoms. The number of aromatic nitrogens is 6. The van der Waals surface area contributed by atoms with E-state index < -0.39 is 0 Å². The summed E-state index contributed by atoms with van der Waals surface area (Å²) in [5.41, 5.74) is 19.0. The molecular formula is C49H36N8. The molecule has 0 saturated carbocycles. The summed E-state index contributed by atoms with van der Waals surface area (Å²) < 4.78 is 4.46. The number of hydrogen-bond donors (Lipinski definition) is 2. The molecule has 10 rings (SSSR count). The molecule has 1 unspecified atom stereocenters. The van der Waals surface area contributed by atoms with Crippen LogP contribution in [-0.2, 0) is 0 Å². The molecule has 0 aliphatic carbocycles. The predicted molar refractivity (Wildman–Crippen MR) is 232 cm³/mol. The zero-order valence-corrected chi connectivity index (χ0v) is 30.9. The van der Waals surface area contributed by atoms with Crippen LogP contribution in [0.4, 0.5) is 0 Å². The van der Waals surface area contributed by atoms with E-state index in [4.69, 9.17) is 15.7 Å². The van der Waals surface area contributed by atoms with Crippen molar-refractivity contribution in [1.82, 2.24) is 34.4 Å². The van der Waals surface area contributed by atoms with Gasteiger partial charge in [-0.3, -0.25) is 19.5 Å². The molecule has 9 aromatic rings. The number of nitrogens with two attached hydrogens (primary N) is 1. The van der Waals surface area contributed by atoms with Gasteiger partial charge >= 0.3 is 0 Å². The number of nitrogens with zero attached hydrogens (tertiary/aromatic N) is 6. The van der Waals surface area contributed by atoms with Crippen molar-refractivity contribution >= 4 is 56.1 Å². The highest BCUT2D eigenvalue weighted by molar-refractivity contribution is 6.08. The normalized spacial score (nSPS) is 14.2. The zero-order valence-electron chi connectivity index (χ0n) is 30.9. The van der Waals surface area contributed by atoms with Crippen molar-refractivity contribution in [3.05, 3.63) is 205 Å². The Kier molecular flexibility index (Phi) is 8.34. The Hall–Kier alpha value is -7.84. The number of pyridine rings is 4.